The number of pyridine rings is 1. The third-order valence-electron chi connectivity index (χ3n) is 4.12. The van der Waals surface area contributed by atoms with E-state index >= 15 is 0 Å². The van der Waals surface area contributed by atoms with Crippen LogP contribution in [0.25, 0.3) is 0 Å². The van der Waals surface area contributed by atoms with E-state index in [9.17, 15) is 0 Å². The van der Waals surface area contributed by atoms with E-state index in [1.165, 1.54) is 18.7 Å². The predicted molar refractivity (Wildman–Crippen MR) is 76.6 cm³/mol. The molecule has 2 rings (SSSR count). The van der Waals surface area contributed by atoms with Crippen LogP contribution in [0.5, 0.6) is 0 Å². The fourth-order valence-corrected chi connectivity index (χ4v) is 2.58. The maximum Gasteiger partial charge on any atom is 0.0572 e. The lowest BCUT2D eigenvalue weighted by Crippen LogP contribution is -2.21. The monoisotopic (exact) mass is 247 g/mol. The molecule has 0 aliphatic carbocycles. The second kappa shape index (κ2) is 5.70. The lowest BCUT2D eigenvalue weighted by molar-refractivity contribution is 0.423. The van der Waals surface area contributed by atoms with Gasteiger partial charge in [0.15, 0.2) is 0 Å². The molecule has 3 nitrogen and oxygen atoms in total. The summed E-state index contributed by atoms with van der Waals surface area (Å²) in [6.45, 7) is 9.04. The zero-order valence-electron chi connectivity index (χ0n) is 11.8. The summed E-state index contributed by atoms with van der Waals surface area (Å²) < 4.78 is 0. The van der Waals surface area contributed by atoms with Crippen LogP contribution in [0.1, 0.15) is 45.3 Å². The molecular weight excluding hydrogens is 222 g/mol. The molecule has 1 fully saturated rings. The Morgan fingerprint density at radius 3 is 2.72 bits per heavy atom. The molecule has 1 aliphatic heterocycles. The Morgan fingerprint density at radius 2 is 2.22 bits per heavy atom. The van der Waals surface area contributed by atoms with Crippen molar-refractivity contribution in [3.8, 4) is 0 Å². The van der Waals surface area contributed by atoms with Crippen LogP contribution in [-0.4, -0.2) is 18.1 Å². The Balaban J connectivity index is 2.02. The lowest BCUT2D eigenvalue weighted by Gasteiger charge is -2.20. The molecule has 1 aromatic heterocycles. The molecule has 18 heavy (non-hydrogen) atoms. The molecule has 1 aromatic rings. The molecule has 2 N–H and O–H groups in total. The Hall–Kier alpha value is -1.09. The number of anilines is 1. The number of hydrogen-bond acceptors (Lipinski definition) is 3. The highest BCUT2D eigenvalue weighted by molar-refractivity contribution is 5.45. The van der Waals surface area contributed by atoms with E-state index in [2.05, 4.69) is 42.8 Å². The third-order valence-corrected chi connectivity index (χ3v) is 4.12. The first kappa shape index (κ1) is 13.3. The summed E-state index contributed by atoms with van der Waals surface area (Å²) >= 11 is 0. The summed E-state index contributed by atoms with van der Waals surface area (Å²) in [7, 11) is 0. The van der Waals surface area contributed by atoms with E-state index in [-0.39, 0.29) is 6.04 Å². The Morgan fingerprint density at radius 1 is 1.44 bits per heavy atom. The maximum absolute atomic E-state index is 5.98. The Labute approximate surface area is 110 Å². The summed E-state index contributed by atoms with van der Waals surface area (Å²) in [5, 5.41) is 0. The Bertz CT molecular complexity index is 372. The van der Waals surface area contributed by atoms with Crippen LogP contribution in [0.2, 0.25) is 0 Å². The molecule has 100 valence electrons. The minimum absolute atomic E-state index is 0.0704. The fraction of sp³-hybridized carbons (Fsp3) is 0.667. The van der Waals surface area contributed by atoms with Crippen LogP contribution in [0.15, 0.2) is 18.3 Å². The van der Waals surface area contributed by atoms with E-state index in [4.69, 9.17) is 5.73 Å². The predicted octanol–water partition coefficient (Wildman–Crippen LogP) is 2.97. The van der Waals surface area contributed by atoms with Crippen LogP contribution in [0, 0.1) is 11.8 Å². The topological polar surface area (TPSA) is 42.1 Å². The summed E-state index contributed by atoms with van der Waals surface area (Å²) in [5.74, 6) is 1.60. The van der Waals surface area contributed by atoms with E-state index in [0.717, 1.165) is 30.5 Å². The highest BCUT2D eigenvalue weighted by Crippen LogP contribution is 2.28. The SMILES string of the molecule is CC[C@@H](N)c1ccc(N2CCC(C(C)C)C2)cn1. The minimum atomic E-state index is 0.0704. The van der Waals surface area contributed by atoms with Crippen LogP contribution in [0.3, 0.4) is 0 Å². The minimum Gasteiger partial charge on any atom is -0.370 e. The van der Waals surface area contributed by atoms with Gasteiger partial charge in [0, 0.05) is 19.1 Å². The normalized spacial score (nSPS) is 21.6. The van der Waals surface area contributed by atoms with Gasteiger partial charge in [-0.2, -0.15) is 0 Å². The summed E-state index contributed by atoms with van der Waals surface area (Å²) in [6, 6.07) is 4.31. The molecule has 0 saturated carbocycles. The molecule has 3 heteroatoms. The van der Waals surface area contributed by atoms with Crippen LogP contribution in [-0.2, 0) is 0 Å². The zero-order valence-corrected chi connectivity index (χ0v) is 11.8. The Kier molecular flexibility index (Phi) is 4.23. The average molecular weight is 247 g/mol. The molecule has 0 bridgehead atoms. The molecule has 0 aromatic carbocycles. The molecule has 2 heterocycles. The first-order valence-electron chi connectivity index (χ1n) is 7.08. The van der Waals surface area contributed by atoms with Gasteiger partial charge in [-0.25, -0.2) is 0 Å². The smallest absolute Gasteiger partial charge is 0.0572 e. The van der Waals surface area contributed by atoms with E-state index in [1.54, 1.807) is 0 Å². The molecular formula is C15H25N3. The lowest BCUT2D eigenvalue weighted by atomic mass is 9.95. The first-order valence-corrected chi connectivity index (χ1v) is 7.08. The number of rotatable bonds is 4. The van der Waals surface area contributed by atoms with Gasteiger partial charge in [-0.05, 0) is 36.8 Å². The largest absolute Gasteiger partial charge is 0.370 e. The van der Waals surface area contributed by atoms with Crippen molar-refractivity contribution in [1.29, 1.82) is 0 Å². The van der Waals surface area contributed by atoms with Gasteiger partial charge in [0.1, 0.15) is 0 Å². The second-order valence-corrected chi connectivity index (χ2v) is 5.69. The van der Waals surface area contributed by atoms with Crippen molar-refractivity contribution in [2.24, 2.45) is 17.6 Å². The zero-order chi connectivity index (χ0) is 13.1. The van der Waals surface area contributed by atoms with Gasteiger partial charge in [-0.15, -0.1) is 0 Å². The van der Waals surface area contributed by atoms with Gasteiger partial charge in [-0.1, -0.05) is 20.8 Å². The molecule has 1 saturated heterocycles. The summed E-state index contributed by atoms with van der Waals surface area (Å²) in [4.78, 5) is 6.94. The molecule has 1 aliphatic rings. The van der Waals surface area contributed by atoms with E-state index < -0.39 is 0 Å². The molecule has 1 unspecified atom stereocenters. The summed E-state index contributed by atoms with van der Waals surface area (Å²) in [5.41, 5.74) is 8.23. The van der Waals surface area contributed by atoms with Crippen molar-refractivity contribution in [2.75, 3.05) is 18.0 Å². The fourth-order valence-electron chi connectivity index (χ4n) is 2.58. The van der Waals surface area contributed by atoms with Crippen molar-refractivity contribution < 1.29 is 0 Å². The van der Waals surface area contributed by atoms with Crippen LogP contribution < -0.4 is 10.6 Å². The molecule has 0 amide bonds. The van der Waals surface area contributed by atoms with Gasteiger partial charge in [0.2, 0.25) is 0 Å². The third kappa shape index (κ3) is 2.83. The van der Waals surface area contributed by atoms with E-state index in [0.29, 0.717) is 0 Å². The second-order valence-electron chi connectivity index (χ2n) is 5.69. The first-order chi connectivity index (χ1) is 8.61. The van der Waals surface area contributed by atoms with Crippen LogP contribution in [0.4, 0.5) is 5.69 Å². The highest BCUT2D eigenvalue weighted by Gasteiger charge is 2.25. The van der Waals surface area contributed by atoms with Gasteiger partial charge in [0.25, 0.3) is 0 Å². The highest BCUT2D eigenvalue weighted by atomic mass is 15.2. The summed E-state index contributed by atoms with van der Waals surface area (Å²) in [6.07, 6.45) is 4.22. The molecule has 0 spiro atoms. The maximum atomic E-state index is 5.98. The molecule has 2 atom stereocenters. The van der Waals surface area contributed by atoms with Crippen molar-refractivity contribution in [3.63, 3.8) is 0 Å². The van der Waals surface area contributed by atoms with Crippen molar-refractivity contribution in [3.05, 3.63) is 24.0 Å². The van der Waals surface area contributed by atoms with Gasteiger partial charge in [-0.3, -0.25) is 4.98 Å². The number of aromatic nitrogens is 1. The average Bonchev–Trinajstić information content (AvgIpc) is 2.88. The van der Waals surface area contributed by atoms with Gasteiger partial charge < -0.3 is 10.6 Å². The van der Waals surface area contributed by atoms with Gasteiger partial charge in [0.05, 0.1) is 17.6 Å². The number of hydrogen-bond donors (Lipinski definition) is 1. The number of nitrogens with two attached hydrogens (primary N) is 1. The van der Waals surface area contributed by atoms with Crippen LogP contribution >= 0.6 is 0 Å². The van der Waals surface area contributed by atoms with Crippen molar-refractivity contribution >= 4 is 5.69 Å². The van der Waals surface area contributed by atoms with E-state index in [1.807, 2.05) is 6.20 Å². The van der Waals surface area contributed by atoms with Crippen molar-refractivity contribution in [2.45, 2.75) is 39.7 Å². The number of nitrogens with zero attached hydrogens (tertiary/aromatic N) is 2. The van der Waals surface area contributed by atoms with Crippen molar-refractivity contribution in [1.82, 2.24) is 4.98 Å². The standard InChI is InChI=1S/C15H25N3/c1-4-14(16)15-6-5-13(9-17-15)18-8-7-12(10-18)11(2)3/h5-6,9,11-12,14H,4,7-8,10,16H2,1-3H3/t12?,14-/m1/s1. The van der Waals surface area contributed by atoms with Gasteiger partial charge >= 0.3 is 0 Å². The quantitative estimate of drug-likeness (QED) is 0.889. The molecule has 0 radical (unpaired) electrons.